The summed E-state index contributed by atoms with van der Waals surface area (Å²) in [5, 5.41) is 0. The highest BCUT2D eigenvalue weighted by Crippen LogP contribution is 2.15. The van der Waals surface area contributed by atoms with Gasteiger partial charge in [0, 0.05) is 13.1 Å². The zero-order valence-corrected chi connectivity index (χ0v) is 12.3. The number of ether oxygens (including phenoxy) is 1. The van der Waals surface area contributed by atoms with Crippen LogP contribution in [-0.4, -0.2) is 42.6 Å². The highest BCUT2D eigenvalue weighted by molar-refractivity contribution is 5.80. The van der Waals surface area contributed by atoms with Gasteiger partial charge in [-0.25, -0.2) is 0 Å². The molecule has 1 amide bonds. The van der Waals surface area contributed by atoms with Gasteiger partial charge in [0.05, 0.1) is 12.7 Å². The maximum Gasteiger partial charge on any atom is 0.237 e. The van der Waals surface area contributed by atoms with Crippen molar-refractivity contribution in [3.63, 3.8) is 0 Å². The average Bonchev–Trinajstić information content (AvgIpc) is 2.45. The number of nitrogens with zero attached hydrogens (tertiary/aromatic N) is 1. The van der Waals surface area contributed by atoms with Crippen molar-refractivity contribution in [1.29, 1.82) is 0 Å². The molecule has 0 spiro atoms. The lowest BCUT2D eigenvalue weighted by Gasteiger charge is -2.37. The number of aryl methyl sites for hydroxylation is 1. The van der Waals surface area contributed by atoms with Gasteiger partial charge in [0.2, 0.25) is 5.91 Å². The first-order valence-electron chi connectivity index (χ1n) is 7.34. The maximum atomic E-state index is 11.6. The molecular weight excluding hydrogens is 252 g/mol. The summed E-state index contributed by atoms with van der Waals surface area (Å²) in [7, 11) is 0. The summed E-state index contributed by atoms with van der Waals surface area (Å²) in [6.07, 6.45) is 1.87. The SMILES string of the molecule is CCc1ccc(CCN2CCO[C@H](C)[C@H]2C(N)=O)cc1. The van der Waals surface area contributed by atoms with Crippen LogP contribution in [0.3, 0.4) is 0 Å². The van der Waals surface area contributed by atoms with Crippen LogP contribution in [0, 0.1) is 0 Å². The third-order valence-corrected chi connectivity index (χ3v) is 4.01. The molecule has 1 fully saturated rings. The Labute approximate surface area is 120 Å². The van der Waals surface area contributed by atoms with Crippen molar-refractivity contribution < 1.29 is 9.53 Å². The van der Waals surface area contributed by atoms with Gasteiger partial charge in [0.1, 0.15) is 6.04 Å². The van der Waals surface area contributed by atoms with Gasteiger partial charge in [0.15, 0.2) is 0 Å². The van der Waals surface area contributed by atoms with Gasteiger partial charge in [-0.3, -0.25) is 9.69 Å². The molecule has 0 unspecified atom stereocenters. The molecule has 0 radical (unpaired) electrons. The largest absolute Gasteiger partial charge is 0.375 e. The van der Waals surface area contributed by atoms with Gasteiger partial charge in [-0.2, -0.15) is 0 Å². The zero-order chi connectivity index (χ0) is 14.5. The van der Waals surface area contributed by atoms with Gasteiger partial charge < -0.3 is 10.5 Å². The first-order chi connectivity index (χ1) is 9.61. The van der Waals surface area contributed by atoms with E-state index in [2.05, 4.69) is 36.1 Å². The fraction of sp³-hybridized carbons (Fsp3) is 0.562. The van der Waals surface area contributed by atoms with Gasteiger partial charge >= 0.3 is 0 Å². The summed E-state index contributed by atoms with van der Waals surface area (Å²) in [6.45, 7) is 6.34. The Morgan fingerprint density at radius 3 is 2.60 bits per heavy atom. The van der Waals surface area contributed by atoms with Crippen molar-refractivity contribution in [2.45, 2.75) is 38.8 Å². The van der Waals surface area contributed by atoms with Crippen LogP contribution in [0.5, 0.6) is 0 Å². The van der Waals surface area contributed by atoms with Crippen molar-refractivity contribution in [3.05, 3.63) is 35.4 Å². The molecule has 1 aromatic carbocycles. The van der Waals surface area contributed by atoms with E-state index in [-0.39, 0.29) is 18.1 Å². The molecule has 4 heteroatoms. The number of primary amides is 1. The molecule has 1 heterocycles. The molecule has 1 aromatic rings. The van der Waals surface area contributed by atoms with E-state index in [0.717, 1.165) is 25.9 Å². The summed E-state index contributed by atoms with van der Waals surface area (Å²) in [4.78, 5) is 13.7. The number of amides is 1. The van der Waals surface area contributed by atoms with E-state index < -0.39 is 0 Å². The van der Waals surface area contributed by atoms with Crippen molar-refractivity contribution in [3.8, 4) is 0 Å². The third-order valence-electron chi connectivity index (χ3n) is 4.01. The van der Waals surface area contributed by atoms with E-state index in [1.165, 1.54) is 11.1 Å². The summed E-state index contributed by atoms with van der Waals surface area (Å²) < 4.78 is 5.52. The molecule has 1 saturated heterocycles. The van der Waals surface area contributed by atoms with E-state index in [1.54, 1.807) is 0 Å². The van der Waals surface area contributed by atoms with Crippen molar-refractivity contribution in [1.82, 2.24) is 4.90 Å². The Bertz CT molecular complexity index is 444. The Morgan fingerprint density at radius 2 is 2.00 bits per heavy atom. The van der Waals surface area contributed by atoms with Crippen LogP contribution in [0.1, 0.15) is 25.0 Å². The fourth-order valence-electron chi connectivity index (χ4n) is 2.76. The van der Waals surface area contributed by atoms with Crippen LogP contribution >= 0.6 is 0 Å². The molecule has 1 aliphatic heterocycles. The molecule has 4 nitrogen and oxygen atoms in total. The Hall–Kier alpha value is -1.39. The molecule has 2 rings (SSSR count). The summed E-state index contributed by atoms with van der Waals surface area (Å²) in [5.41, 5.74) is 8.14. The topological polar surface area (TPSA) is 55.6 Å². The van der Waals surface area contributed by atoms with Gasteiger partial charge in [-0.15, -0.1) is 0 Å². The second kappa shape index (κ2) is 6.86. The summed E-state index contributed by atoms with van der Waals surface area (Å²) >= 11 is 0. The quantitative estimate of drug-likeness (QED) is 0.883. The molecule has 0 bridgehead atoms. The number of hydrogen-bond donors (Lipinski definition) is 1. The lowest BCUT2D eigenvalue weighted by Crippen LogP contribution is -2.56. The van der Waals surface area contributed by atoms with Gasteiger partial charge in [-0.1, -0.05) is 31.2 Å². The minimum Gasteiger partial charge on any atom is -0.375 e. The Kier molecular flexibility index (Phi) is 5.15. The van der Waals surface area contributed by atoms with Crippen LogP contribution in [0.4, 0.5) is 0 Å². The molecule has 2 N–H and O–H groups in total. The van der Waals surface area contributed by atoms with E-state index in [9.17, 15) is 4.79 Å². The predicted octanol–water partition coefficient (Wildman–Crippen LogP) is 1.37. The number of hydrogen-bond acceptors (Lipinski definition) is 3. The fourth-order valence-corrected chi connectivity index (χ4v) is 2.76. The first kappa shape index (κ1) is 15.0. The number of rotatable bonds is 5. The molecule has 0 aromatic heterocycles. The van der Waals surface area contributed by atoms with Crippen molar-refractivity contribution in [2.24, 2.45) is 5.73 Å². The van der Waals surface area contributed by atoms with E-state index in [0.29, 0.717) is 6.61 Å². The minimum absolute atomic E-state index is 0.122. The molecule has 0 aliphatic carbocycles. The summed E-state index contributed by atoms with van der Waals surface area (Å²) in [6, 6.07) is 8.37. The number of morpholine rings is 1. The van der Waals surface area contributed by atoms with E-state index in [4.69, 9.17) is 10.5 Å². The number of carbonyl (C=O) groups is 1. The normalized spacial score (nSPS) is 23.7. The van der Waals surface area contributed by atoms with Crippen molar-refractivity contribution in [2.75, 3.05) is 19.7 Å². The average molecular weight is 276 g/mol. The molecule has 1 aliphatic rings. The van der Waals surface area contributed by atoms with Crippen LogP contribution in [-0.2, 0) is 22.4 Å². The van der Waals surface area contributed by atoms with Gasteiger partial charge in [-0.05, 0) is 30.9 Å². The standard InChI is InChI=1S/C16H24N2O2/c1-3-13-4-6-14(7-5-13)8-9-18-10-11-20-12(2)15(18)16(17)19/h4-7,12,15H,3,8-11H2,1-2H3,(H2,17,19)/t12-,15+/m1/s1. The van der Waals surface area contributed by atoms with Crippen LogP contribution in [0.2, 0.25) is 0 Å². The van der Waals surface area contributed by atoms with Crippen LogP contribution in [0.25, 0.3) is 0 Å². The first-order valence-corrected chi connectivity index (χ1v) is 7.34. The number of benzene rings is 1. The molecule has 110 valence electrons. The van der Waals surface area contributed by atoms with E-state index >= 15 is 0 Å². The predicted molar refractivity (Wildman–Crippen MR) is 79.5 cm³/mol. The minimum atomic E-state index is -0.307. The van der Waals surface area contributed by atoms with Crippen molar-refractivity contribution >= 4 is 5.91 Å². The summed E-state index contributed by atoms with van der Waals surface area (Å²) in [5.74, 6) is -0.293. The Balaban J connectivity index is 1.95. The monoisotopic (exact) mass is 276 g/mol. The smallest absolute Gasteiger partial charge is 0.237 e. The molecule has 0 saturated carbocycles. The third kappa shape index (κ3) is 3.58. The van der Waals surface area contributed by atoms with Gasteiger partial charge in [0.25, 0.3) is 0 Å². The zero-order valence-electron chi connectivity index (χ0n) is 12.3. The molecule has 2 atom stereocenters. The Morgan fingerprint density at radius 1 is 1.35 bits per heavy atom. The number of nitrogens with two attached hydrogens (primary N) is 1. The molecule has 20 heavy (non-hydrogen) atoms. The van der Waals surface area contributed by atoms with Crippen LogP contribution < -0.4 is 5.73 Å². The highest BCUT2D eigenvalue weighted by atomic mass is 16.5. The number of carbonyl (C=O) groups excluding carboxylic acids is 1. The molecular formula is C16H24N2O2. The van der Waals surface area contributed by atoms with E-state index in [1.807, 2.05) is 6.92 Å². The second-order valence-corrected chi connectivity index (χ2v) is 5.38. The highest BCUT2D eigenvalue weighted by Gasteiger charge is 2.33. The maximum absolute atomic E-state index is 11.6. The van der Waals surface area contributed by atoms with Crippen LogP contribution in [0.15, 0.2) is 24.3 Å². The lowest BCUT2D eigenvalue weighted by molar-refractivity contribution is -0.135. The second-order valence-electron chi connectivity index (χ2n) is 5.38. The lowest BCUT2D eigenvalue weighted by atomic mass is 10.0.